The zero-order valence-electron chi connectivity index (χ0n) is 11.8. The van der Waals surface area contributed by atoms with Gasteiger partial charge in [0.25, 0.3) is 0 Å². The second-order valence-corrected chi connectivity index (χ2v) is 5.73. The van der Waals surface area contributed by atoms with Crippen LogP contribution in [0, 0.1) is 0 Å². The molecule has 1 aromatic rings. The largest absolute Gasteiger partial charge is 0.493 e. The number of rotatable bonds is 4. The molecule has 6 nitrogen and oxygen atoms in total. The third kappa shape index (κ3) is 1.69. The molecule has 4 rings (SSSR count). The molecule has 3 heterocycles. The first-order valence-electron chi connectivity index (χ1n) is 6.93. The van der Waals surface area contributed by atoms with E-state index in [1.807, 2.05) is 17.1 Å². The quantitative estimate of drug-likeness (QED) is 0.802. The summed E-state index contributed by atoms with van der Waals surface area (Å²) in [5.74, 6) is 1.97. The summed E-state index contributed by atoms with van der Waals surface area (Å²) in [6, 6.07) is 4.18. The van der Waals surface area contributed by atoms with Crippen LogP contribution < -0.4 is 9.47 Å². The number of nitrogens with zero attached hydrogens (tertiary/aromatic N) is 3. The van der Waals surface area contributed by atoms with Gasteiger partial charge in [-0.2, -0.15) is 5.11 Å². The lowest BCUT2D eigenvalue weighted by Crippen LogP contribution is -2.39. The van der Waals surface area contributed by atoms with Crippen molar-refractivity contribution in [2.24, 2.45) is 10.3 Å². The first-order chi connectivity index (χ1) is 10.3. The van der Waals surface area contributed by atoms with Gasteiger partial charge in [0, 0.05) is 5.88 Å². The maximum absolute atomic E-state index is 6.14. The van der Waals surface area contributed by atoms with E-state index in [9.17, 15) is 0 Å². The summed E-state index contributed by atoms with van der Waals surface area (Å²) in [6.07, 6.45) is -0.0908. The number of methoxy groups -OCH3 is 2. The van der Waals surface area contributed by atoms with Crippen molar-refractivity contribution in [3.8, 4) is 11.5 Å². The SMILES string of the molecule is COc1cc2c(cc1OC)C1OC2C2N=NN(CCCl)C12. The molecule has 3 aliphatic rings. The predicted molar refractivity (Wildman–Crippen MR) is 76.0 cm³/mol. The van der Waals surface area contributed by atoms with Crippen LogP contribution in [-0.2, 0) is 4.74 Å². The van der Waals surface area contributed by atoms with Crippen LogP contribution in [0.2, 0.25) is 0 Å². The molecule has 0 amide bonds. The monoisotopic (exact) mass is 309 g/mol. The smallest absolute Gasteiger partial charge is 0.161 e. The van der Waals surface area contributed by atoms with E-state index in [2.05, 4.69) is 10.3 Å². The fraction of sp³-hybridized carbons (Fsp3) is 0.571. The Balaban J connectivity index is 1.75. The summed E-state index contributed by atoms with van der Waals surface area (Å²) in [5.41, 5.74) is 2.27. The van der Waals surface area contributed by atoms with Crippen LogP contribution in [-0.4, -0.2) is 43.7 Å². The van der Waals surface area contributed by atoms with Crippen LogP contribution in [0.3, 0.4) is 0 Å². The van der Waals surface area contributed by atoms with Crippen molar-refractivity contribution in [1.82, 2.24) is 5.01 Å². The Bertz CT molecular complexity index is 609. The molecule has 0 radical (unpaired) electrons. The fourth-order valence-electron chi connectivity index (χ4n) is 3.52. The minimum absolute atomic E-state index is 0.0342. The van der Waals surface area contributed by atoms with E-state index in [1.54, 1.807) is 14.2 Å². The molecule has 1 saturated heterocycles. The molecule has 4 unspecified atom stereocenters. The van der Waals surface area contributed by atoms with Gasteiger partial charge in [-0.15, -0.1) is 11.6 Å². The average molecular weight is 310 g/mol. The molecule has 21 heavy (non-hydrogen) atoms. The van der Waals surface area contributed by atoms with Crippen molar-refractivity contribution in [1.29, 1.82) is 0 Å². The molecule has 112 valence electrons. The lowest BCUT2D eigenvalue weighted by molar-refractivity contribution is 0.0396. The normalized spacial score (nSPS) is 31.5. The topological polar surface area (TPSA) is 55.6 Å². The maximum atomic E-state index is 6.14. The van der Waals surface area contributed by atoms with Gasteiger partial charge < -0.3 is 14.2 Å². The first-order valence-corrected chi connectivity index (χ1v) is 7.46. The highest BCUT2D eigenvalue weighted by Gasteiger charge is 2.57. The Kier molecular flexibility index (Phi) is 2.97. The third-order valence-corrected chi connectivity index (χ3v) is 4.59. The fourth-order valence-corrected chi connectivity index (χ4v) is 3.70. The number of benzene rings is 1. The third-order valence-electron chi connectivity index (χ3n) is 4.42. The molecular formula is C14H16ClN3O3. The second-order valence-electron chi connectivity index (χ2n) is 5.35. The first kappa shape index (κ1) is 13.2. The van der Waals surface area contributed by atoms with Gasteiger partial charge in [-0.25, -0.2) is 0 Å². The van der Waals surface area contributed by atoms with Gasteiger partial charge in [-0.1, -0.05) is 5.22 Å². The molecule has 1 fully saturated rings. The minimum Gasteiger partial charge on any atom is -0.493 e. The molecule has 0 aromatic heterocycles. The lowest BCUT2D eigenvalue weighted by atomic mass is 9.84. The number of alkyl halides is 1. The van der Waals surface area contributed by atoms with Crippen molar-refractivity contribution < 1.29 is 14.2 Å². The number of halogens is 1. The number of hydrogen-bond donors (Lipinski definition) is 0. The van der Waals surface area contributed by atoms with Crippen molar-refractivity contribution in [2.75, 3.05) is 26.6 Å². The van der Waals surface area contributed by atoms with Gasteiger partial charge in [0.2, 0.25) is 0 Å². The maximum Gasteiger partial charge on any atom is 0.161 e. The Labute approximate surface area is 127 Å². The molecule has 2 bridgehead atoms. The Morgan fingerprint density at radius 2 is 1.86 bits per heavy atom. The number of fused-ring (bicyclic) bond motifs is 8. The molecule has 4 atom stereocenters. The van der Waals surface area contributed by atoms with Crippen molar-refractivity contribution in [3.05, 3.63) is 23.3 Å². The molecule has 1 aromatic carbocycles. The predicted octanol–water partition coefficient (Wildman–Crippen LogP) is 2.49. The van der Waals surface area contributed by atoms with E-state index >= 15 is 0 Å². The Morgan fingerprint density at radius 3 is 2.48 bits per heavy atom. The highest BCUT2D eigenvalue weighted by molar-refractivity contribution is 6.18. The zero-order chi connectivity index (χ0) is 14.6. The summed E-state index contributed by atoms with van der Waals surface area (Å²) >= 11 is 5.84. The van der Waals surface area contributed by atoms with E-state index in [-0.39, 0.29) is 24.3 Å². The van der Waals surface area contributed by atoms with Gasteiger partial charge in [0.1, 0.15) is 24.3 Å². The summed E-state index contributed by atoms with van der Waals surface area (Å²) in [7, 11) is 3.28. The second kappa shape index (κ2) is 4.74. The summed E-state index contributed by atoms with van der Waals surface area (Å²) < 4.78 is 16.9. The molecular weight excluding hydrogens is 294 g/mol. The molecule has 0 spiro atoms. The van der Waals surface area contributed by atoms with E-state index in [0.717, 1.165) is 22.6 Å². The van der Waals surface area contributed by atoms with Crippen molar-refractivity contribution in [2.45, 2.75) is 24.3 Å². The van der Waals surface area contributed by atoms with Crippen LogP contribution in [0.15, 0.2) is 22.5 Å². The molecule has 0 saturated carbocycles. The lowest BCUT2D eigenvalue weighted by Gasteiger charge is -2.28. The molecule has 7 heteroatoms. The van der Waals surface area contributed by atoms with E-state index in [0.29, 0.717) is 12.4 Å². The summed E-state index contributed by atoms with van der Waals surface area (Å²) in [5, 5.41) is 10.6. The van der Waals surface area contributed by atoms with Gasteiger partial charge >= 0.3 is 0 Å². The highest BCUT2D eigenvalue weighted by atomic mass is 35.5. The molecule has 0 aliphatic carbocycles. The highest BCUT2D eigenvalue weighted by Crippen LogP contribution is 2.57. The zero-order valence-corrected chi connectivity index (χ0v) is 12.6. The van der Waals surface area contributed by atoms with E-state index in [4.69, 9.17) is 25.8 Å². The van der Waals surface area contributed by atoms with Crippen LogP contribution in [0.1, 0.15) is 23.3 Å². The number of ether oxygens (including phenoxy) is 3. The number of hydrogen-bond acceptors (Lipinski definition) is 6. The van der Waals surface area contributed by atoms with Crippen molar-refractivity contribution in [3.63, 3.8) is 0 Å². The van der Waals surface area contributed by atoms with Gasteiger partial charge in [-0.3, -0.25) is 5.01 Å². The van der Waals surface area contributed by atoms with Crippen molar-refractivity contribution >= 4 is 11.6 Å². The van der Waals surface area contributed by atoms with Crippen LogP contribution >= 0.6 is 11.6 Å². The average Bonchev–Trinajstić information content (AvgIpc) is 3.17. The van der Waals surface area contributed by atoms with Gasteiger partial charge in [0.05, 0.1) is 20.8 Å². The Morgan fingerprint density at radius 1 is 1.19 bits per heavy atom. The standard InChI is InChI=1S/C14H16ClN3O3/c1-19-9-5-7-8(6-10(9)20-2)14-12-11(13(7)21-14)16-17-18(12)4-3-15/h5-6,11-14H,3-4H2,1-2H3. The van der Waals surface area contributed by atoms with Crippen LogP contribution in [0.5, 0.6) is 11.5 Å². The van der Waals surface area contributed by atoms with Crippen LogP contribution in [0.4, 0.5) is 0 Å². The van der Waals surface area contributed by atoms with Crippen LogP contribution in [0.25, 0.3) is 0 Å². The summed E-state index contributed by atoms with van der Waals surface area (Å²) in [4.78, 5) is 0. The molecule has 0 N–H and O–H groups in total. The summed E-state index contributed by atoms with van der Waals surface area (Å²) in [6.45, 7) is 0.682. The molecule has 3 aliphatic heterocycles. The van der Waals surface area contributed by atoms with E-state index < -0.39 is 0 Å². The van der Waals surface area contributed by atoms with E-state index in [1.165, 1.54) is 0 Å². The Hall–Kier alpha value is -1.53. The van der Waals surface area contributed by atoms with Gasteiger partial charge in [0.15, 0.2) is 11.5 Å². The minimum atomic E-state index is -0.0566. The van der Waals surface area contributed by atoms with Gasteiger partial charge in [-0.05, 0) is 23.3 Å².